The van der Waals surface area contributed by atoms with Crippen molar-refractivity contribution in [1.82, 2.24) is 5.32 Å². The van der Waals surface area contributed by atoms with Crippen LogP contribution in [0.5, 0.6) is 0 Å². The molecule has 22 heavy (non-hydrogen) atoms. The van der Waals surface area contributed by atoms with Crippen LogP contribution in [0.25, 0.3) is 0 Å². The minimum Gasteiger partial charge on any atom is -0.467 e. The van der Waals surface area contributed by atoms with Gasteiger partial charge in [-0.3, -0.25) is 4.79 Å². The topological polar surface area (TPSA) is 84.5 Å². The molecule has 2 atom stereocenters. The number of rotatable bonds is 6. The Morgan fingerprint density at radius 2 is 1.95 bits per heavy atom. The van der Waals surface area contributed by atoms with Crippen LogP contribution in [0.15, 0.2) is 24.3 Å². The molecule has 0 aliphatic heterocycles. The van der Waals surface area contributed by atoms with Gasteiger partial charge in [-0.2, -0.15) is 0 Å². The van der Waals surface area contributed by atoms with Gasteiger partial charge in [-0.1, -0.05) is 32.4 Å². The van der Waals surface area contributed by atoms with Gasteiger partial charge in [0.05, 0.1) is 7.11 Å². The zero-order valence-corrected chi connectivity index (χ0v) is 13.3. The molecule has 6 heteroatoms. The van der Waals surface area contributed by atoms with E-state index < -0.39 is 18.0 Å². The number of ketones is 1. The number of esters is 1. The summed E-state index contributed by atoms with van der Waals surface area (Å²) in [5.74, 6) is -0.625. The van der Waals surface area contributed by atoms with Crippen molar-refractivity contribution < 1.29 is 19.1 Å². The number of carbonyl (C=O) groups excluding carboxylic acids is 3. The van der Waals surface area contributed by atoms with E-state index in [4.69, 9.17) is 4.74 Å². The molecule has 0 saturated carbocycles. The van der Waals surface area contributed by atoms with Gasteiger partial charge >= 0.3 is 12.0 Å². The molecular weight excluding hydrogens is 284 g/mol. The van der Waals surface area contributed by atoms with Gasteiger partial charge in [-0.15, -0.1) is 0 Å². The molecular formula is C16H22N2O4. The van der Waals surface area contributed by atoms with Crippen LogP contribution in [0.3, 0.4) is 0 Å². The summed E-state index contributed by atoms with van der Waals surface area (Å²) in [6.45, 7) is 5.24. The molecule has 2 N–H and O–H groups in total. The van der Waals surface area contributed by atoms with Crippen molar-refractivity contribution in [3.05, 3.63) is 29.8 Å². The van der Waals surface area contributed by atoms with Gasteiger partial charge in [0.1, 0.15) is 6.04 Å². The van der Waals surface area contributed by atoms with E-state index in [-0.39, 0.29) is 11.7 Å². The van der Waals surface area contributed by atoms with Gasteiger partial charge in [-0.05, 0) is 25.0 Å². The van der Waals surface area contributed by atoms with Gasteiger partial charge in [0.25, 0.3) is 0 Å². The summed E-state index contributed by atoms with van der Waals surface area (Å²) < 4.78 is 4.71. The fourth-order valence-electron chi connectivity index (χ4n) is 1.92. The predicted molar refractivity (Wildman–Crippen MR) is 83.9 cm³/mol. The number of Topliss-reactive ketones (excluding diaryl/α,β-unsaturated/α-hetero) is 1. The summed E-state index contributed by atoms with van der Waals surface area (Å²) >= 11 is 0. The third-order valence-corrected chi connectivity index (χ3v) is 3.48. The number of hydrogen-bond donors (Lipinski definition) is 2. The Hall–Kier alpha value is -2.37. The third-order valence-electron chi connectivity index (χ3n) is 3.48. The van der Waals surface area contributed by atoms with Crippen LogP contribution >= 0.6 is 0 Å². The standard InChI is InChI=1S/C16H22N2O4/c1-5-10(2)14(15(20)22-4)18-16(21)17-13-8-6-7-12(9-13)11(3)19/h6-10,14H,5H2,1-4H3,(H2,17,18,21). The molecule has 6 nitrogen and oxygen atoms in total. The molecule has 0 heterocycles. The van der Waals surface area contributed by atoms with Gasteiger partial charge in [-0.25, -0.2) is 9.59 Å². The monoisotopic (exact) mass is 306 g/mol. The second kappa shape index (κ2) is 8.17. The van der Waals surface area contributed by atoms with E-state index in [0.29, 0.717) is 11.3 Å². The lowest BCUT2D eigenvalue weighted by atomic mass is 9.99. The minimum absolute atomic E-state index is 0.0539. The number of ether oxygens (including phenoxy) is 1. The molecule has 0 radical (unpaired) electrons. The Morgan fingerprint density at radius 1 is 1.27 bits per heavy atom. The number of carbonyl (C=O) groups is 3. The summed E-state index contributed by atoms with van der Waals surface area (Å²) in [5.41, 5.74) is 0.988. The zero-order valence-electron chi connectivity index (χ0n) is 13.3. The van der Waals surface area contributed by atoms with Crippen molar-refractivity contribution in [2.75, 3.05) is 12.4 Å². The van der Waals surface area contributed by atoms with E-state index in [1.54, 1.807) is 24.3 Å². The maximum Gasteiger partial charge on any atom is 0.328 e. The van der Waals surface area contributed by atoms with Crippen molar-refractivity contribution in [3.8, 4) is 0 Å². The lowest BCUT2D eigenvalue weighted by Gasteiger charge is -2.22. The second-order valence-corrected chi connectivity index (χ2v) is 5.12. The minimum atomic E-state index is -0.717. The Bertz CT molecular complexity index is 557. The molecule has 1 aromatic carbocycles. The fraction of sp³-hybridized carbons (Fsp3) is 0.438. The smallest absolute Gasteiger partial charge is 0.328 e. The van der Waals surface area contributed by atoms with Crippen molar-refractivity contribution >= 4 is 23.5 Å². The average Bonchev–Trinajstić information content (AvgIpc) is 2.51. The van der Waals surface area contributed by atoms with Gasteiger partial charge in [0.15, 0.2) is 5.78 Å². The number of hydrogen-bond acceptors (Lipinski definition) is 4. The molecule has 1 aromatic rings. The molecule has 2 unspecified atom stereocenters. The molecule has 0 aliphatic carbocycles. The van der Waals surface area contributed by atoms with Crippen molar-refractivity contribution in [3.63, 3.8) is 0 Å². The number of methoxy groups -OCH3 is 1. The molecule has 0 bridgehead atoms. The van der Waals surface area contributed by atoms with E-state index in [2.05, 4.69) is 10.6 Å². The molecule has 0 spiro atoms. The number of benzene rings is 1. The van der Waals surface area contributed by atoms with Crippen LogP contribution in [-0.4, -0.2) is 30.9 Å². The first-order valence-electron chi connectivity index (χ1n) is 7.15. The van der Waals surface area contributed by atoms with E-state index in [1.807, 2.05) is 13.8 Å². The molecule has 0 aromatic heterocycles. The maximum absolute atomic E-state index is 12.0. The normalized spacial score (nSPS) is 12.9. The number of anilines is 1. The molecule has 0 aliphatic rings. The zero-order chi connectivity index (χ0) is 16.7. The van der Waals surface area contributed by atoms with Crippen LogP contribution in [-0.2, 0) is 9.53 Å². The lowest BCUT2D eigenvalue weighted by molar-refractivity contribution is -0.144. The quantitative estimate of drug-likeness (QED) is 0.625. The van der Waals surface area contributed by atoms with E-state index in [9.17, 15) is 14.4 Å². The predicted octanol–water partition coefficient (Wildman–Crippen LogP) is 2.60. The molecule has 0 saturated heterocycles. The highest BCUT2D eigenvalue weighted by Gasteiger charge is 2.26. The van der Waals surface area contributed by atoms with Crippen molar-refractivity contribution in [1.29, 1.82) is 0 Å². The SMILES string of the molecule is CCC(C)C(NC(=O)Nc1cccc(C(C)=O)c1)C(=O)OC. The Morgan fingerprint density at radius 3 is 2.50 bits per heavy atom. The van der Waals surface area contributed by atoms with E-state index in [1.165, 1.54) is 14.0 Å². The van der Waals surface area contributed by atoms with Crippen LogP contribution in [0.4, 0.5) is 10.5 Å². The third kappa shape index (κ3) is 4.87. The summed E-state index contributed by atoms with van der Waals surface area (Å²) in [6.07, 6.45) is 0.722. The summed E-state index contributed by atoms with van der Waals surface area (Å²) in [5, 5.41) is 5.22. The Balaban J connectivity index is 2.77. The van der Waals surface area contributed by atoms with Gasteiger partial charge in [0.2, 0.25) is 0 Å². The van der Waals surface area contributed by atoms with Gasteiger partial charge in [0, 0.05) is 11.3 Å². The van der Waals surface area contributed by atoms with Crippen LogP contribution < -0.4 is 10.6 Å². The Kier molecular flexibility index (Phi) is 6.56. The molecule has 0 fully saturated rings. The van der Waals surface area contributed by atoms with Crippen LogP contribution in [0, 0.1) is 5.92 Å². The van der Waals surface area contributed by atoms with E-state index in [0.717, 1.165) is 6.42 Å². The first kappa shape index (κ1) is 17.7. The molecule has 1 rings (SSSR count). The largest absolute Gasteiger partial charge is 0.467 e. The lowest BCUT2D eigenvalue weighted by Crippen LogP contribution is -2.47. The average molecular weight is 306 g/mol. The maximum atomic E-state index is 12.0. The first-order chi connectivity index (χ1) is 10.4. The van der Waals surface area contributed by atoms with Gasteiger partial charge < -0.3 is 15.4 Å². The van der Waals surface area contributed by atoms with Crippen molar-refractivity contribution in [2.45, 2.75) is 33.2 Å². The highest BCUT2D eigenvalue weighted by molar-refractivity contribution is 5.97. The Labute approximate surface area is 130 Å². The highest BCUT2D eigenvalue weighted by atomic mass is 16.5. The van der Waals surface area contributed by atoms with Crippen LogP contribution in [0.2, 0.25) is 0 Å². The molecule has 120 valence electrons. The van der Waals surface area contributed by atoms with E-state index >= 15 is 0 Å². The van der Waals surface area contributed by atoms with Crippen LogP contribution in [0.1, 0.15) is 37.6 Å². The first-order valence-corrected chi connectivity index (χ1v) is 7.15. The van der Waals surface area contributed by atoms with Crippen molar-refractivity contribution in [2.24, 2.45) is 5.92 Å². The fourth-order valence-corrected chi connectivity index (χ4v) is 1.92. The number of amides is 2. The summed E-state index contributed by atoms with van der Waals surface area (Å²) in [7, 11) is 1.29. The number of nitrogens with one attached hydrogen (secondary N) is 2. The number of urea groups is 1. The summed E-state index contributed by atoms with van der Waals surface area (Å²) in [6, 6.07) is 5.36. The molecule has 2 amide bonds. The summed E-state index contributed by atoms with van der Waals surface area (Å²) in [4.78, 5) is 35.1. The highest BCUT2D eigenvalue weighted by Crippen LogP contribution is 2.13. The second-order valence-electron chi connectivity index (χ2n) is 5.12.